The molecule has 10 heteroatoms. The Hall–Kier alpha value is -3.69. The maximum absolute atomic E-state index is 13.4. The highest BCUT2D eigenvalue weighted by Gasteiger charge is 2.23. The summed E-state index contributed by atoms with van der Waals surface area (Å²) in [5.74, 6) is 0.209. The molecule has 1 N–H and O–H groups in total. The molecule has 0 saturated carbocycles. The topological polar surface area (TPSA) is 103 Å². The van der Waals surface area contributed by atoms with Crippen LogP contribution in [0.2, 0.25) is 5.02 Å². The van der Waals surface area contributed by atoms with Crippen molar-refractivity contribution in [3.8, 4) is 11.5 Å². The van der Waals surface area contributed by atoms with Gasteiger partial charge in [0.05, 0.1) is 34.3 Å². The predicted molar refractivity (Wildman–Crippen MR) is 156 cm³/mol. The number of aromatic nitrogens is 2. The summed E-state index contributed by atoms with van der Waals surface area (Å²) in [5, 5.41) is 14.5. The van der Waals surface area contributed by atoms with Crippen molar-refractivity contribution in [3.05, 3.63) is 97.0 Å². The van der Waals surface area contributed by atoms with Gasteiger partial charge < -0.3 is 14.6 Å². The number of benzene rings is 3. The van der Waals surface area contributed by atoms with Crippen LogP contribution in [0.1, 0.15) is 55.0 Å². The summed E-state index contributed by atoms with van der Waals surface area (Å²) in [5.41, 5.74) is 1.27. The van der Waals surface area contributed by atoms with Gasteiger partial charge in [-0.2, -0.15) is 9.78 Å². The van der Waals surface area contributed by atoms with Crippen molar-refractivity contribution in [1.82, 2.24) is 9.66 Å². The SMILES string of the molecule is CCOc1cc(C=Nn2c(C(C)(C)C)nc3ccc(Br)cc3c2=O)cc(Cl)c1OCc1cccc(C(=O)O)c1. The standard InChI is InChI=1S/C29H27BrClN3O5/c1-5-38-24-13-18(12-22(31)25(24)39-16-17-7-6-8-19(11-17)27(36)37)15-32-34-26(35)21-14-20(30)9-10-23(21)33-28(34)29(2,3)4/h6-15H,5,16H2,1-4H3,(H,36,37). The fraction of sp³-hybridized carbons (Fsp3) is 0.241. The average molecular weight is 613 g/mol. The Balaban J connectivity index is 1.71. The van der Waals surface area contributed by atoms with Crippen LogP contribution in [0.4, 0.5) is 0 Å². The Kier molecular flexibility index (Phi) is 8.42. The van der Waals surface area contributed by atoms with E-state index < -0.39 is 11.4 Å². The van der Waals surface area contributed by atoms with Crippen molar-refractivity contribution in [2.24, 2.45) is 5.10 Å². The van der Waals surface area contributed by atoms with Gasteiger partial charge in [-0.15, -0.1) is 0 Å². The van der Waals surface area contributed by atoms with Crippen LogP contribution >= 0.6 is 27.5 Å². The molecule has 0 fully saturated rings. The number of ether oxygens (including phenoxy) is 2. The van der Waals surface area contributed by atoms with Gasteiger partial charge in [0.2, 0.25) is 0 Å². The molecule has 202 valence electrons. The van der Waals surface area contributed by atoms with Gasteiger partial charge in [-0.1, -0.05) is 60.4 Å². The van der Waals surface area contributed by atoms with Crippen molar-refractivity contribution >= 4 is 50.6 Å². The lowest BCUT2D eigenvalue weighted by Crippen LogP contribution is -2.29. The third-order valence-electron chi connectivity index (χ3n) is 5.69. The predicted octanol–water partition coefficient (Wildman–Crippen LogP) is 6.67. The van der Waals surface area contributed by atoms with Crippen LogP contribution < -0.4 is 15.0 Å². The van der Waals surface area contributed by atoms with Crippen LogP contribution in [-0.2, 0) is 12.0 Å². The molecule has 4 rings (SSSR count). The van der Waals surface area contributed by atoms with Gasteiger partial charge in [-0.05, 0) is 60.5 Å². The fourth-order valence-corrected chi connectivity index (χ4v) is 4.52. The van der Waals surface area contributed by atoms with E-state index in [4.69, 9.17) is 26.1 Å². The third-order valence-corrected chi connectivity index (χ3v) is 6.46. The molecule has 4 aromatic rings. The minimum atomic E-state index is -1.02. The normalized spacial score (nSPS) is 11.7. The molecule has 39 heavy (non-hydrogen) atoms. The van der Waals surface area contributed by atoms with Gasteiger partial charge in [-0.25, -0.2) is 9.78 Å². The molecule has 0 bridgehead atoms. The zero-order valence-electron chi connectivity index (χ0n) is 21.9. The average Bonchev–Trinajstić information content (AvgIpc) is 2.87. The molecular formula is C29H27BrClN3O5. The summed E-state index contributed by atoms with van der Waals surface area (Å²) in [6, 6.07) is 15.2. The molecule has 0 unspecified atom stereocenters. The van der Waals surface area contributed by atoms with E-state index in [1.165, 1.54) is 23.0 Å². The van der Waals surface area contributed by atoms with Crippen molar-refractivity contribution in [2.75, 3.05) is 6.61 Å². The number of aromatic carboxylic acids is 1. The molecule has 3 aromatic carbocycles. The smallest absolute Gasteiger partial charge is 0.335 e. The Morgan fingerprint density at radius 1 is 1.15 bits per heavy atom. The summed E-state index contributed by atoms with van der Waals surface area (Å²) < 4.78 is 13.8. The molecule has 8 nitrogen and oxygen atoms in total. The molecule has 1 aromatic heterocycles. The molecular weight excluding hydrogens is 586 g/mol. The van der Waals surface area contributed by atoms with E-state index >= 15 is 0 Å². The summed E-state index contributed by atoms with van der Waals surface area (Å²) in [6.45, 7) is 8.19. The largest absolute Gasteiger partial charge is 0.490 e. The van der Waals surface area contributed by atoms with Gasteiger partial charge >= 0.3 is 5.97 Å². The molecule has 0 aliphatic carbocycles. The van der Waals surface area contributed by atoms with E-state index in [1.54, 1.807) is 36.4 Å². The van der Waals surface area contributed by atoms with Crippen LogP contribution in [0.5, 0.6) is 11.5 Å². The number of carbonyl (C=O) groups is 1. The first-order chi connectivity index (χ1) is 18.5. The van der Waals surface area contributed by atoms with E-state index in [0.717, 1.165) is 4.47 Å². The van der Waals surface area contributed by atoms with Gasteiger partial charge in [0, 0.05) is 9.89 Å². The summed E-state index contributed by atoms with van der Waals surface area (Å²) in [4.78, 5) is 29.4. The quantitative estimate of drug-likeness (QED) is 0.223. The maximum Gasteiger partial charge on any atom is 0.335 e. The highest BCUT2D eigenvalue weighted by molar-refractivity contribution is 9.10. The molecule has 0 aliphatic rings. The van der Waals surface area contributed by atoms with Crippen LogP contribution in [-0.4, -0.2) is 33.6 Å². The number of halogens is 2. The summed E-state index contributed by atoms with van der Waals surface area (Å²) in [7, 11) is 0. The minimum absolute atomic E-state index is 0.0943. The molecule has 0 radical (unpaired) electrons. The molecule has 0 spiro atoms. The number of fused-ring (bicyclic) bond motifs is 1. The number of carboxylic acids is 1. The highest BCUT2D eigenvalue weighted by atomic mass is 79.9. The van der Waals surface area contributed by atoms with Crippen molar-refractivity contribution in [3.63, 3.8) is 0 Å². The van der Waals surface area contributed by atoms with Gasteiger partial charge in [0.15, 0.2) is 11.5 Å². The fourth-order valence-electron chi connectivity index (χ4n) is 3.88. The first kappa shape index (κ1) is 28.3. The highest BCUT2D eigenvalue weighted by Crippen LogP contribution is 2.37. The molecule has 1 heterocycles. The van der Waals surface area contributed by atoms with Crippen LogP contribution in [0.25, 0.3) is 10.9 Å². The summed E-state index contributed by atoms with van der Waals surface area (Å²) >= 11 is 10.0. The molecule has 0 amide bonds. The molecule has 0 aliphatic heterocycles. The molecule has 0 atom stereocenters. The second kappa shape index (κ2) is 11.6. The van der Waals surface area contributed by atoms with Crippen molar-refractivity contribution in [1.29, 1.82) is 0 Å². The monoisotopic (exact) mass is 611 g/mol. The Morgan fingerprint density at radius 2 is 1.92 bits per heavy atom. The zero-order chi connectivity index (χ0) is 28.3. The number of nitrogens with zero attached hydrogens (tertiary/aromatic N) is 3. The minimum Gasteiger partial charge on any atom is -0.490 e. The lowest BCUT2D eigenvalue weighted by Gasteiger charge is -2.21. The van der Waals surface area contributed by atoms with Gasteiger partial charge in [0.1, 0.15) is 12.4 Å². The Bertz CT molecular complexity index is 1640. The Labute approximate surface area is 239 Å². The van der Waals surface area contributed by atoms with Crippen LogP contribution in [0, 0.1) is 0 Å². The van der Waals surface area contributed by atoms with Crippen LogP contribution in [0.15, 0.2) is 69.0 Å². The zero-order valence-corrected chi connectivity index (χ0v) is 24.2. The number of hydrogen-bond donors (Lipinski definition) is 1. The lowest BCUT2D eigenvalue weighted by molar-refractivity contribution is 0.0696. The second-order valence-electron chi connectivity index (χ2n) is 9.77. The second-order valence-corrected chi connectivity index (χ2v) is 11.1. The third kappa shape index (κ3) is 6.49. The summed E-state index contributed by atoms with van der Waals surface area (Å²) in [6.07, 6.45) is 1.52. The van der Waals surface area contributed by atoms with E-state index in [0.29, 0.717) is 46.0 Å². The van der Waals surface area contributed by atoms with Crippen LogP contribution in [0.3, 0.4) is 0 Å². The lowest BCUT2D eigenvalue weighted by atomic mass is 9.95. The number of rotatable bonds is 8. The Morgan fingerprint density at radius 3 is 2.62 bits per heavy atom. The van der Waals surface area contributed by atoms with E-state index in [2.05, 4.69) is 21.0 Å². The van der Waals surface area contributed by atoms with E-state index in [-0.39, 0.29) is 22.8 Å². The first-order valence-corrected chi connectivity index (χ1v) is 13.3. The van der Waals surface area contributed by atoms with Crippen molar-refractivity contribution in [2.45, 2.75) is 39.7 Å². The van der Waals surface area contributed by atoms with E-state index in [9.17, 15) is 14.7 Å². The maximum atomic E-state index is 13.4. The number of hydrogen-bond acceptors (Lipinski definition) is 6. The molecule has 0 saturated heterocycles. The van der Waals surface area contributed by atoms with Gasteiger partial charge in [-0.3, -0.25) is 4.79 Å². The first-order valence-electron chi connectivity index (χ1n) is 12.2. The van der Waals surface area contributed by atoms with Crippen molar-refractivity contribution < 1.29 is 19.4 Å². The van der Waals surface area contributed by atoms with E-state index in [1.807, 2.05) is 33.8 Å². The van der Waals surface area contributed by atoms with Gasteiger partial charge in [0.25, 0.3) is 5.56 Å². The number of carboxylic acid groups (broad SMARTS) is 1.